The lowest BCUT2D eigenvalue weighted by molar-refractivity contribution is -0.155. The average molecular weight is 407 g/mol. The highest BCUT2D eigenvalue weighted by molar-refractivity contribution is 5.79. The summed E-state index contributed by atoms with van der Waals surface area (Å²) in [5.41, 5.74) is -0.431. The predicted molar refractivity (Wildman–Crippen MR) is 111 cm³/mol. The molecule has 2 atom stereocenters. The monoisotopic (exact) mass is 406 g/mol. The van der Waals surface area contributed by atoms with E-state index in [9.17, 15) is 14.4 Å². The van der Waals surface area contributed by atoms with Crippen LogP contribution in [0.3, 0.4) is 0 Å². The largest absolute Gasteiger partial charge is 0.460 e. The van der Waals surface area contributed by atoms with Gasteiger partial charge in [0.1, 0.15) is 11.2 Å². The average Bonchev–Trinajstić information content (AvgIpc) is 2.50. The summed E-state index contributed by atoms with van der Waals surface area (Å²) in [5.74, 6) is -0.664. The molecule has 1 rings (SSSR count). The molecule has 1 aromatic rings. The Morgan fingerprint density at radius 3 is 1.93 bits per heavy atom. The molecule has 0 bridgehead atoms. The van der Waals surface area contributed by atoms with Crippen LogP contribution in [0.15, 0.2) is 30.3 Å². The van der Waals surface area contributed by atoms with Gasteiger partial charge in [0.05, 0.1) is 18.9 Å². The van der Waals surface area contributed by atoms with Gasteiger partial charge in [-0.2, -0.15) is 0 Å². The minimum absolute atomic E-state index is 0.0158. The molecule has 0 saturated heterocycles. The van der Waals surface area contributed by atoms with Crippen molar-refractivity contribution < 1.29 is 23.9 Å². The Labute approximate surface area is 173 Å². The van der Waals surface area contributed by atoms with Gasteiger partial charge in [0, 0.05) is 6.04 Å². The molecule has 0 aliphatic heterocycles. The molecule has 0 aliphatic carbocycles. The molecule has 0 heterocycles. The fourth-order valence-corrected chi connectivity index (χ4v) is 2.59. The molecule has 0 aromatic heterocycles. The van der Waals surface area contributed by atoms with Crippen LogP contribution in [0.1, 0.15) is 72.9 Å². The quantitative estimate of drug-likeness (QED) is 0.670. The first-order chi connectivity index (χ1) is 13.2. The SMILES string of the molecule is C[C@H](CC(=O)OC(C)(C)C)NC(=O)C[C@H](NC(=O)OC(C)(C)C)c1ccccc1. The van der Waals surface area contributed by atoms with Crippen LogP contribution >= 0.6 is 0 Å². The number of esters is 1. The van der Waals surface area contributed by atoms with E-state index >= 15 is 0 Å². The zero-order chi connectivity index (χ0) is 22.2. The molecule has 0 radical (unpaired) electrons. The summed E-state index contributed by atoms with van der Waals surface area (Å²) in [7, 11) is 0. The van der Waals surface area contributed by atoms with Gasteiger partial charge in [-0.25, -0.2) is 4.79 Å². The van der Waals surface area contributed by atoms with Gasteiger partial charge >= 0.3 is 12.1 Å². The van der Waals surface area contributed by atoms with Gasteiger partial charge < -0.3 is 20.1 Å². The van der Waals surface area contributed by atoms with Gasteiger partial charge in [-0.05, 0) is 54.0 Å². The van der Waals surface area contributed by atoms with E-state index in [2.05, 4.69) is 10.6 Å². The molecule has 0 spiro atoms. The molecular weight excluding hydrogens is 372 g/mol. The third-order valence-corrected chi connectivity index (χ3v) is 3.58. The second kappa shape index (κ2) is 10.3. The number of amides is 2. The van der Waals surface area contributed by atoms with Crippen molar-refractivity contribution in [2.75, 3.05) is 0 Å². The first-order valence-corrected chi connectivity index (χ1v) is 9.81. The topological polar surface area (TPSA) is 93.7 Å². The van der Waals surface area contributed by atoms with E-state index in [4.69, 9.17) is 9.47 Å². The van der Waals surface area contributed by atoms with Crippen LogP contribution in [0.4, 0.5) is 4.79 Å². The normalized spacial score (nSPS) is 13.8. The van der Waals surface area contributed by atoms with Crippen molar-refractivity contribution in [2.24, 2.45) is 0 Å². The summed E-state index contributed by atoms with van der Waals surface area (Å²) in [6.07, 6.45) is -0.513. The Hall–Kier alpha value is -2.57. The molecule has 1 aromatic carbocycles. The van der Waals surface area contributed by atoms with Crippen LogP contribution < -0.4 is 10.6 Å². The Morgan fingerprint density at radius 2 is 1.41 bits per heavy atom. The van der Waals surface area contributed by atoms with Gasteiger partial charge in [-0.15, -0.1) is 0 Å². The van der Waals surface area contributed by atoms with Crippen molar-refractivity contribution in [3.8, 4) is 0 Å². The Bertz CT molecular complexity index is 689. The minimum Gasteiger partial charge on any atom is -0.460 e. The third-order valence-electron chi connectivity index (χ3n) is 3.58. The summed E-state index contributed by atoms with van der Waals surface area (Å²) >= 11 is 0. The molecule has 0 fully saturated rings. The second-order valence-electron chi connectivity index (χ2n) is 9.07. The zero-order valence-electron chi connectivity index (χ0n) is 18.5. The zero-order valence-corrected chi connectivity index (χ0v) is 18.5. The molecule has 2 amide bonds. The van der Waals surface area contributed by atoms with Crippen LogP contribution in [0.5, 0.6) is 0 Å². The summed E-state index contributed by atoms with van der Waals surface area (Å²) in [5, 5.41) is 5.54. The first-order valence-electron chi connectivity index (χ1n) is 9.81. The summed E-state index contributed by atoms with van der Waals surface area (Å²) in [6, 6.07) is 8.25. The van der Waals surface area contributed by atoms with Gasteiger partial charge in [-0.1, -0.05) is 30.3 Å². The Balaban J connectivity index is 2.72. The fraction of sp³-hybridized carbons (Fsp3) is 0.591. The maximum absolute atomic E-state index is 12.5. The minimum atomic E-state index is -0.643. The van der Waals surface area contributed by atoms with Gasteiger partial charge in [0.2, 0.25) is 5.91 Å². The number of alkyl carbamates (subject to hydrolysis) is 1. The first kappa shape index (κ1) is 24.5. The highest BCUT2D eigenvalue weighted by atomic mass is 16.6. The van der Waals surface area contributed by atoms with E-state index < -0.39 is 29.4 Å². The van der Waals surface area contributed by atoms with Gasteiger partial charge in [0.15, 0.2) is 0 Å². The molecule has 29 heavy (non-hydrogen) atoms. The second-order valence-corrected chi connectivity index (χ2v) is 9.07. The van der Waals surface area contributed by atoms with Gasteiger partial charge in [-0.3, -0.25) is 9.59 Å². The molecule has 0 saturated carbocycles. The van der Waals surface area contributed by atoms with Crippen molar-refractivity contribution >= 4 is 18.0 Å². The van der Waals surface area contributed by atoms with E-state index in [1.54, 1.807) is 48.5 Å². The lowest BCUT2D eigenvalue weighted by Gasteiger charge is -2.24. The maximum Gasteiger partial charge on any atom is 0.408 e. The number of nitrogens with one attached hydrogen (secondary N) is 2. The molecule has 7 nitrogen and oxygen atoms in total. The Kier molecular flexibility index (Phi) is 8.67. The van der Waals surface area contributed by atoms with Gasteiger partial charge in [0.25, 0.3) is 0 Å². The predicted octanol–water partition coefficient (Wildman–Crippen LogP) is 3.88. The Morgan fingerprint density at radius 1 is 0.862 bits per heavy atom. The van der Waals surface area contributed by atoms with Crippen molar-refractivity contribution in [1.82, 2.24) is 10.6 Å². The lowest BCUT2D eigenvalue weighted by Crippen LogP contribution is -2.40. The highest BCUT2D eigenvalue weighted by Gasteiger charge is 2.24. The molecule has 162 valence electrons. The number of ether oxygens (including phenoxy) is 2. The summed E-state index contributed by atoms with van der Waals surface area (Å²) in [6.45, 7) is 12.4. The summed E-state index contributed by atoms with van der Waals surface area (Å²) < 4.78 is 10.6. The van der Waals surface area contributed by atoms with Crippen LogP contribution in [0.25, 0.3) is 0 Å². The highest BCUT2D eigenvalue weighted by Crippen LogP contribution is 2.18. The molecule has 0 unspecified atom stereocenters. The van der Waals surface area contributed by atoms with Crippen molar-refractivity contribution in [1.29, 1.82) is 0 Å². The standard InChI is InChI=1S/C22H34N2O5/c1-15(13-19(26)28-21(2,3)4)23-18(25)14-17(16-11-9-8-10-12-16)24-20(27)29-22(5,6)7/h8-12,15,17H,13-14H2,1-7H3,(H,23,25)(H,24,27)/t15-,17+/m1/s1. The lowest BCUT2D eigenvalue weighted by atomic mass is 10.0. The number of carbonyl (C=O) groups is 3. The summed E-state index contributed by atoms with van der Waals surface area (Å²) in [4.78, 5) is 36.6. The van der Waals surface area contributed by atoms with E-state index in [1.165, 1.54) is 0 Å². The van der Waals surface area contributed by atoms with E-state index in [1.807, 2.05) is 30.3 Å². The van der Waals surface area contributed by atoms with Crippen molar-refractivity contribution in [3.63, 3.8) is 0 Å². The number of hydrogen-bond donors (Lipinski definition) is 2. The number of carbonyl (C=O) groups excluding carboxylic acids is 3. The smallest absolute Gasteiger partial charge is 0.408 e. The fourth-order valence-electron chi connectivity index (χ4n) is 2.59. The van der Waals surface area contributed by atoms with Crippen LogP contribution in [0, 0.1) is 0 Å². The maximum atomic E-state index is 12.5. The molecule has 2 N–H and O–H groups in total. The van der Waals surface area contributed by atoms with Crippen LogP contribution in [0.2, 0.25) is 0 Å². The number of rotatable bonds is 7. The molecular formula is C22H34N2O5. The van der Waals surface area contributed by atoms with Crippen LogP contribution in [-0.2, 0) is 19.1 Å². The van der Waals surface area contributed by atoms with E-state index in [0.717, 1.165) is 5.56 Å². The van der Waals surface area contributed by atoms with Crippen molar-refractivity contribution in [3.05, 3.63) is 35.9 Å². The number of benzene rings is 1. The van der Waals surface area contributed by atoms with E-state index in [0.29, 0.717) is 0 Å². The third kappa shape index (κ3) is 11.1. The van der Waals surface area contributed by atoms with Crippen molar-refractivity contribution in [2.45, 2.75) is 84.6 Å². The van der Waals surface area contributed by atoms with Crippen LogP contribution in [-0.4, -0.2) is 35.2 Å². The molecule has 7 heteroatoms. The van der Waals surface area contributed by atoms with E-state index in [-0.39, 0.29) is 24.7 Å². The number of hydrogen-bond acceptors (Lipinski definition) is 5. The molecule has 0 aliphatic rings.